The fraction of sp³-hybridized carbons (Fsp3) is 0.357. The van der Waals surface area contributed by atoms with Crippen LogP contribution in [0.1, 0.15) is 31.4 Å². The topological polar surface area (TPSA) is 187 Å². The van der Waals surface area contributed by atoms with Gasteiger partial charge in [0.2, 0.25) is 17.7 Å². The maximum Gasteiger partial charge on any atom is 0.326 e. The molecule has 208 valence electrons. The first kappa shape index (κ1) is 29.2. The Morgan fingerprint density at radius 1 is 0.974 bits per heavy atom. The van der Waals surface area contributed by atoms with E-state index in [1.165, 1.54) is 12.1 Å². The van der Waals surface area contributed by atoms with Gasteiger partial charge in [-0.25, -0.2) is 4.79 Å². The van der Waals surface area contributed by atoms with E-state index in [9.17, 15) is 29.4 Å². The number of hydrogen-bond donors (Lipinski definition) is 7. The average Bonchev–Trinajstić information content (AvgIpc) is 3.33. The van der Waals surface area contributed by atoms with Crippen molar-refractivity contribution in [2.24, 2.45) is 11.7 Å². The standard InChI is InChI=1S/C28H35N5O6/c1-3-16(2)25(33-24(35)15-31-26(36)21(29)12-17-8-10-19(34)11-9-17)27(37)32-23(28(38)39)13-18-14-30-22-7-5-4-6-20(18)22/h4-11,14,16,21,23,25,30,34H,3,12-13,15,29H2,1-2H3,(H,31,36)(H,32,37)(H,33,35)(H,38,39). The van der Waals surface area contributed by atoms with E-state index < -0.39 is 48.4 Å². The highest BCUT2D eigenvalue weighted by molar-refractivity contribution is 5.93. The zero-order chi connectivity index (χ0) is 28.5. The molecule has 1 heterocycles. The number of amides is 3. The van der Waals surface area contributed by atoms with Crippen molar-refractivity contribution in [2.45, 2.75) is 51.2 Å². The lowest BCUT2D eigenvalue weighted by molar-refractivity contribution is -0.142. The highest BCUT2D eigenvalue weighted by Crippen LogP contribution is 2.19. The summed E-state index contributed by atoms with van der Waals surface area (Å²) in [5.74, 6) is -3.18. The lowest BCUT2D eigenvalue weighted by atomic mass is 9.97. The molecule has 1 aromatic heterocycles. The molecular weight excluding hydrogens is 502 g/mol. The lowest BCUT2D eigenvalue weighted by Crippen LogP contribution is -2.56. The van der Waals surface area contributed by atoms with Gasteiger partial charge in [-0.3, -0.25) is 14.4 Å². The third kappa shape index (κ3) is 8.05. The molecule has 11 nitrogen and oxygen atoms in total. The lowest BCUT2D eigenvalue weighted by Gasteiger charge is -2.25. The summed E-state index contributed by atoms with van der Waals surface area (Å²) in [5.41, 5.74) is 8.29. The number of nitrogens with two attached hydrogens (primary N) is 1. The smallest absolute Gasteiger partial charge is 0.326 e. The number of benzene rings is 2. The number of phenols is 1. The van der Waals surface area contributed by atoms with Crippen LogP contribution in [0.4, 0.5) is 0 Å². The molecule has 0 aliphatic heterocycles. The van der Waals surface area contributed by atoms with Crippen LogP contribution in [0.25, 0.3) is 10.9 Å². The van der Waals surface area contributed by atoms with Crippen LogP contribution in [0, 0.1) is 5.92 Å². The van der Waals surface area contributed by atoms with E-state index in [1.807, 2.05) is 31.2 Å². The number of H-pyrrole nitrogens is 1. The Morgan fingerprint density at radius 2 is 1.67 bits per heavy atom. The fourth-order valence-corrected chi connectivity index (χ4v) is 4.19. The van der Waals surface area contributed by atoms with E-state index in [0.29, 0.717) is 6.42 Å². The minimum absolute atomic E-state index is 0.0568. The summed E-state index contributed by atoms with van der Waals surface area (Å²) in [6.45, 7) is 3.22. The number of fused-ring (bicyclic) bond motifs is 1. The molecule has 0 fully saturated rings. The number of aliphatic carboxylic acids is 1. The van der Waals surface area contributed by atoms with Crippen molar-refractivity contribution in [1.82, 2.24) is 20.9 Å². The van der Waals surface area contributed by atoms with Gasteiger partial charge in [-0.15, -0.1) is 0 Å². The summed E-state index contributed by atoms with van der Waals surface area (Å²) in [4.78, 5) is 53.2. The third-order valence-electron chi connectivity index (χ3n) is 6.68. The van der Waals surface area contributed by atoms with E-state index >= 15 is 0 Å². The highest BCUT2D eigenvalue weighted by atomic mass is 16.4. The molecule has 3 amide bonds. The van der Waals surface area contributed by atoms with Crippen molar-refractivity contribution in [3.05, 3.63) is 65.9 Å². The first-order valence-electron chi connectivity index (χ1n) is 12.8. The van der Waals surface area contributed by atoms with E-state index in [-0.39, 0.29) is 24.5 Å². The number of aromatic hydroxyl groups is 1. The summed E-state index contributed by atoms with van der Waals surface area (Å²) < 4.78 is 0. The molecule has 4 unspecified atom stereocenters. The zero-order valence-electron chi connectivity index (χ0n) is 21.9. The van der Waals surface area contributed by atoms with E-state index in [2.05, 4.69) is 20.9 Å². The predicted octanol–water partition coefficient (Wildman–Crippen LogP) is 1.20. The summed E-state index contributed by atoms with van der Waals surface area (Å²) in [6, 6.07) is 10.6. The molecule has 8 N–H and O–H groups in total. The number of aromatic amines is 1. The molecule has 4 atom stereocenters. The number of para-hydroxylation sites is 1. The molecule has 3 aromatic rings. The molecule has 11 heteroatoms. The van der Waals surface area contributed by atoms with Gasteiger partial charge in [-0.2, -0.15) is 0 Å². The van der Waals surface area contributed by atoms with Gasteiger partial charge < -0.3 is 36.9 Å². The predicted molar refractivity (Wildman–Crippen MR) is 146 cm³/mol. The molecule has 0 spiro atoms. The number of carbonyl (C=O) groups is 4. The van der Waals surface area contributed by atoms with Crippen molar-refractivity contribution in [3.8, 4) is 5.75 Å². The van der Waals surface area contributed by atoms with Gasteiger partial charge in [-0.05, 0) is 41.7 Å². The second kappa shape index (κ2) is 13.4. The van der Waals surface area contributed by atoms with Crippen LogP contribution >= 0.6 is 0 Å². The number of aromatic nitrogens is 1. The van der Waals surface area contributed by atoms with Crippen LogP contribution < -0.4 is 21.7 Å². The normalized spacial score (nSPS) is 14.1. The Balaban J connectivity index is 1.58. The number of nitrogens with one attached hydrogen (secondary N) is 4. The third-order valence-corrected chi connectivity index (χ3v) is 6.68. The number of rotatable bonds is 13. The van der Waals surface area contributed by atoms with Crippen molar-refractivity contribution < 1.29 is 29.4 Å². The second-order valence-corrected chi connectivity index (χ2v) is 9.59. The van der Waals surface area contributed by atoms with Crippen LogP contribution in [0.2, 0.25) is 0 Å². The Kier molecular flexibility index (Phi) is 10.0. The molecule has 0 aliphatic rings. The Bertz CT molecular complexity index is 1310. The van der Waals surface area contributed by atoms with Crippen LogP contribution in [-0.2, 0) is 32.0 Å². The highest BCUT2D eigenvalue weighted by Gasteiger charge is 2.30. The molecule has 0 radical (unpaired) electrons. The van der Waals surface area contributed by atoms with Crippen LogP contribution in [0.15, 0.2) is 54.7 Å². The monoisotopic (exact) mass is 537 g/mol. The molecule has 0 saturated heterocycles. The van der Waals surface area contributed by atoms with Crippen LogP contribution in [0.5, 0.6) is 5.75 Å². The van der Waals surface area contributed by atoms with Crippen molar-refractivity contribution in [3.63, 3.8) is 0 Å². The number of carboxylic acid groups (broad SMARTS) is 1. The molecule has 39 heavy (non-hydrogen) atoms. The molecule has 0 aliphatic carbocycles. The molecule has 0 saturated carbocycles. The van der Waals surface area contributed by atoms with E-state index in [0.717, 1.165) is 22.0 Å². The van der Waals surface area contributed by atoms with Gasteiger partial charge in [0.1, 0.15) is 17.8 Å². The van der Waals surface area contributed by atoms with Crippen LogP contribution in [0.3, 0.4) is 0 Å². The second-order valence-electron chi connectivity index (χ2n) is 9.59. The first-order valence-corrected chi connectivity index (χ1v) is 12.8. The van der Waals surface area contributed by atoms with E-state index in [4.69, 9.17) is 5.73 Å². The summed E-state index contributed by atoms with van der Waals surface area (Å²) in [6.07, 6.45) is 2.53. The number of hydrogen-bond acceptors (Lipinski definition) is 6. The first-order chi connectivity index (χ1) is 18.6. The van der Waals surface area contributed by atoms with Crippen molar-refractivity contribution >= 4 is 34.6 Å². The summed E-state index contributed by atoms with van der Waals surface area (Å²) >= 11 is 0. The zero-order valence-corrected chi connectivity index (χ0v) is 21.9. The molecule has 0 bridgehead atoms. The number of carbonyl (C=O) groups excluding carboxylic acids is 3. The quantitative estimate of drug-likeness (QED) is 0.171. The Hall–Kier alpha value is -4.38. The number of carboxylic acids is 1. The summed E-state index contributed by atoms with van der Waals surface area (Å²) in [5, 5.41) is 27.7. The molecule has 3 rings (SSSR count). The van der Waals surface area contributed by atoms with Gasteiger partial charge in [-0.1, -0.05) is 50.6 Å². The van der Waals surface area contributed by atoms with Crippen LogP contribution in [-0.4, -0.2) is 63.6 Å². The van der Waals surface area contributed by atoms with Gasteiger partial charge in [0.25, 0.3) is 0 Å². The summed E-state index contributed by atoms with van der Waals surface area (Å²) in [7, 11) is 0. The molecule has 2 aromatic carbocycles. The van der Waals surface area contributed by atoms with Gasteiger partial charge >= 0.3 is 5.97 Å². The van der Waals surface area contributed by atoms with Gasteiger partial charge in [0.05, 0.1) is 12.6 Å². The van der Waals surface area contributed by atoms with Gasteiger partial charge in [0, 0.05) is 23.5 Å². The van der Waals surface area contributed by atoms with Gasteiger partial charge in [0.15, 0.2) is 0 Å². The SMILES string of the molecule is CCC(C)C(NC(=O)CNC(=O)C(N)Cc1ccc(O)cc1)C(=O)NC(Cc1c[nH]c2ccccc12)C(=O)O. The average molecular weight is 538 g/mol. The Morgan fingerprint density at radius 3 is 2.33 bits per heavy atom. The number of phenolic OH excluding ortho intramolecular Hbond substituents is 1. The minimum atomic E-state index is -1.21. The maximum atomic E-state index is 13.1. The minimum Gasteiger partial charge on any atom is -0.508 e. The largest absolute Gasteiger partial charge is 0.508 e. The fourth-order valence-electron chi connectivity index (χ4n) is 4.19. The van der Waals surface area contributed by atoms with Crippen molar-refractivity contribution in [1.29, 1.82) is 0 Å². The van der Waals surface area contributed by atoms with E-state index in [1.54, 1.807) is 25.3 Å². The Labute approximate surface area is 226 Å². The van der Waals surface area contributed by atoms with Crippen molar-refractivity contribution in [2.75, 3.05) is 6.54 Å². The molecular formula is C28H35N5O6. The maximum absolute atomic E-state index is 13.1.